The highest BCUT2D eigenvalue weighted by Gasteiger charge is 2.41. The largest absolute Gasteiger partial charge is 0.328 e. The van der Waals surface area contributed by atoms with Gasteiger partial charge in [-0.2, -0.15) is 0 Å². The van der Waals surface area contributed by atoms with Crippen molar-refractivity contribution in [2.75, 3.05) is 6.54 Å². The molecule has 0 saturated carbocycles. The van der Waals surface area contributed by atoms with Crippen LogP contribution in [0.15, 0.2) is 53.0 Å². The summed E-state index contributed by atoms with van der Waals surface area (Å²) in [4.78, 5) is 27.5. The van der Waals surface area contributed by atoms with E-state index >= 15 is 0 Å². The van der Waals surface area contributed by atoms with Gasteiger partial charge in [0.05, 0.1) is 30.4 Å². The van der Waals surface area contributed by atoms with E-state index in [9.17, 15) is 14.0 Å². The van der Waals surface area contributed by atoms with Crippen molar-refractivity contribution >= 4 is 23.3 Å². The Morgan fingerprint density at radius 1 is 1.21 bits per heavy atom. The Morgan fingerprint density at radius 2 is 2.04 bits per heavy atom. The predicted molar refractivity (Wildman–Crippen MR) is 87.6 cm³/mol. The second-order valence-corrected chi connectivity index (χ2v) is 6.72. The molecule has 1 aromatic heterocycles. The average Bonchev–Trinajstić information content (AvgIpc) is 3.16. The number of hydrogen-bond acceptors (Lipinski definition) is 3. The number of amides is 3. The molecule has 0 spiro atoms. The smallest absolute Gasteiger partial charge is 0.319 e. The van der Waals surface area contributed by atoms with Gasteiger partial charge in [-0.15, -0.1) is 11.3 Å². The van der Waals surface area contributed by atoms with E-state index in [2.05, 4.69) is 10.6 Å². The number of nitrogens with zero attached hydrogens (tertiary/aromatic N) is 1. The molecule has 1 atom stereocenters. The van der Waals surface area contributed by atoms with Crippen LogP contribution in [-0.2, 0) is 11.3 Å². The van der Waals surface area contributed by atoms with Crippen molar-refractivity contribution in [2.45, 2.75) is 12.6 Å². The number of rotatable bonds is 3. The fourth-order valence-corrected chi connectivity index (χ4v) is 3.81. The molecule has 0 fully saturated rings. The minimum absolute atomic E-state index is 0.181. The monoisotopic (exact) mass is 343 g/mol. The summed E-state index contributed by atoms with van der Waals surface area (Å²) in [6.45, 7) is 0.799. The molecule has 5 nitrogen and oxygen atoms in total. The van der Waals surface area contributed by atoms with Gasteiger partial charge in [-0.25, -0.2) is 9.18 Å². The molecular formula is C17H14FN3O2S. The lowest BCUT2D eigenvalue weighted by atomic mass is 9.96. The van der Waals surface area contributed by atoms with Crippen LogP contribution in [-0.4, -0.2) is 23.4 Å². The summed E-state index contributed by atoms with van der Waals surface area (Å²) in [6, 6.07) is 8.88. The molecule has 0 radical (unpaired) electrons. The Labute approximate surface area is 141 Å². The number of thiophene rings is 1. The Kier molecular flexibility index (Phi) is 3.57. The van der Waals surface area contributed by atoms with E-state index in [1.54, 1.807) is 34.4 Å². The number of halogens is 1. The Hall–Kier alpha value is -2.67. The quantitative estimate of drug-likeness (QED) is 0.900. The number of hydrogen-bond donors (Lipinski definition) is 2. The van der Waals surface area contributed by atoms with Gasteiger partial charge in [0.15, 0.2) is 0 Å². The van der Waals surface area contributed by atoms with Crippen LogP contribution in [0.4, 0.5) is 9.18 Å². The van der Waals surface area contributed by atoms with Crippen LogP contribution in [0.25, 0.3) is 0 Å². The van der Waals surface area contributed by atoms with Gasteiger partial charge in [0, 0.05) is 10.4 Å². The van der Waals surface area contributed by atoms with Gasteiger partial charge in [0.1, 0.15) is 5.82 Å². The molecule has 0 saturated heterocycles. The SMILES string of the molecule is O=C1NC2=C(C(=O)N(Cc3cccs3)C2)[C@H](c2ccccc2F)N1. The zero-order valence-electron chi connectivity index (χ0n) is 12.6. The molecule has 3 amide bonds. The van der Waals surface area contributed by atoms with Crippen LogP contribution in [0.3, 0.4) is 0 Å². The zero-order chi connectivity index (χ0) is 16.7. The Morgan fingerprint density at radius 3 is 2.79 bits per heavy atom. The predicted octanol–water partition coefficient (Wildman–Crippen LogP) is 2.54. The summed E-state index contributed by atoms with van der Waals surface area (Å²) >= 11 is 1.57. The van der Waals surface area contributed by atoms with Gasteiger partial charge in [-0.05, 0) is 17.5 Å². The molecule has 0 unspecified atom stereocenters. The molecule has 24 heavy (non-hydrogen) atoms. The molecule has 2 aliphatic rings. The van der Waals surface area contributed by atoms with E-state index in [0.29, 0.717) is 29.9 Å². The molecule has 2 aliphatic heterocycles. The second-order valence-electron chi connectivity index (χ2n) is 5.69. The molecule has 4 rings (SSSR count). The molecule has 0 bridgehead atoms. The topological polar surface area (TPSA) is 61.4 Å². The van der Waals surface area contributed by atoms with Crippen LogP contribution in [0, 0.1) is 5.82 Å². The fourth-order valence-electron chi connectivity index (χ4n) is 3.09. The van der Waals surface area contributed by atoms with E-state index in [1.807, 2.05) is 17.5 Å². The number of urea groups is 1. The third-order valence-electron chi connectivity index (χ3n) is 4.16. The first-order chi connectivity index (χ1) is 11.6. The first-order valence-corrected chi connectivity index (χ1v) is 8.38. The summed E-state index contributed by atoms with van der Waals surface area (Å²) in [6.07, 6.45) is 0. The fraction of sp³-hybridized carbons (Fsp3) is 0.176. The van der Waals surface area contributed by atoms with E-state index in [4.69, 9.17) is 0 Å². The molecule has 7 heteroatoms. The first kappa shape index (κ1) is 14.9. The van der Waals surface area contributed by atoms with Crippen molar-refractivity contribution in [1.29, 1.82) is 0 Å². The van der Waals surface area contributed by atoms with Gasteiger partial charge >= 0.3 is 6.03 Å². The highest BCUT2D eigenvalue weighted by atomic mass is 32.1. The molecule has 3 heterocycles. The molecule has 2 N–H and O–H groups in total. The van der Waals surface area contributed by atoms with E-state index < -0.39 is 17.9 Å². The third kappa shape index (κ3) is 2.46. The molecule has 1 aromatic carbocycles. The van der Waals surface area contributed by atoms with E-state index in [-0.39, 0.29) is 5.91 Å². The van der Waals surface area contributed by atoms with Crippen LogP contribution in [0.2, 0.25) is 0 Å². The summed E-state index contributed by atoms with van der Waals surface area (Å²) < 4.78 is 14.2. The lowest BCUT2D eigenvalue weighted by Crippen LogP contribution is -2.44. The average molecular weight is 343 g/mol. The van der Waals surface area contributed by atoms with Crippen LogP contribution < -0.4 is 10.6 Å². The summed E-state index contributed by atoms with van der Waals surface area (Å²) in [5.41, 5.74) is 1.26. The third-order valence-corrected chi connectivity index (χ3v) is 5.02. The first-order valence-electron chi connectivity index (χ1n) is 7.50. The van der Waals surface area contributed by atoms with Crippen LogP contribution in [0.5, 0.6) is 0 Å². The Bertz CT molecular complexity index is 847. The second kappa shape index (κ2) is 5.76. The van der Waals surface area contributed by atoms with Gasteiger partial charge in [-0.1, -0.05) is 24.3 Å². The van der Waals surface area contributed by atoms with Gasteiger partial charge in [0.25, 0.3) is 5.91 Å². The normalized spacial score (nSPS) is 20.0. The summed E-state index contributed by atoms with van der Waals surface area (Å²) in [7, 11) is 0. The number of benzene rings is 1. The highest BCUT2D eigenvalue weighted by molar-refractivity contribution is 7.09. The van der Waals surface area contributed by atoms with Gasteiger partial charge in [0.2, 0.25) is 0 Å². The summed E-state index contributed by atoms with van der Waals surface area (Å²) in [5, 5.41) is 7.30. The van der Waals surface area contributed by atoms with E-state index in [1.165, 1.54) is 6.07 Å². The number of carbonyl (C=O) groups is 2. The standard InChI is InChI=1S/C17H14FN3O2S/c18-12-6-2-1-5-11(12)15-14-13(19-17(23)20-15)9-21(16(14)22)8-10-4-3-7-24-10/h1-7,15H,8-9H2,(H2,19,20,23)/t15-/m0/s1. The van der Waals surface area contributed by atoms with Crippen molar-refractivity contribution in [2.24, 2.45) is 0 Å². The zero-order valence-corrected chi connectivity index (χ0v) is 13.4. The van der Waals surface area contributed by atoms with Crippen LogP contribution in [0.1, 0.15) is 16.5 Å². The van der Waals surface area contributed by atoms with Gasteiger partial charge < -0.3 is 15.5 Å². The van der Waals surface area contributed by atoms with Gasteiger partial charge in [-0.3, -0.25) is 4.79 Å². The van der Waals surface area contributed by atoms with Crippen molar-refractivity contribution < 1.29 is 14.0 Å². The highest BCUT2D eigenvalue weighted by Crippen LogP contribution is 2.34. The number of nitrogens with one attached hydrogen (secondary N) is 2. The van der Waals surface area contributed by atoms with Crippen molar-refractivity contribution in [3.63, 3.8) is 0 Å². The minimum atomic E-state index is -0.768. The van der Waals surface area contributed by atoms with Crippen molar-refractivity contribution in [3.05, 3.63) is 69.3 Å². The lowest BCUT2D eigenvalue weighted by Gasteiger charge is -2.25. The maximum absolute atomic E-state index is 14.2. The molecule has 122 valence electrons. The Balaban J connectivity index is 1.68. The molecule has 0 aliphatic carbocycles. The molecule has 2 aromatic rings. The van der Waals surface area contributed by atoms with E-state index in [0.717, 1.165) is 4.88 Å². The van der Waals surface area contributed by atoms with Crippen molar-refractivity contribution in [1.82, 2.24) is 15.5 Å². The maximum atomic E-state index is 14.2. The lowest BCUT2D eigenvalue weighted by molar-refractivity contribution is -0.126. The summed E-state index contributed by atoms with van der Waals surface area (Å²) in [5.74, 6) is -0.625. The minimum Gasteiger partial charge on any atom is -0.328 e. The van der Waals surface area contributed by atoms with Crippen molar-refractivity contribution in [3.8, 4) is 0 Å². The molecular weight excluding hydrogens is 329 g/mol. The number of carbonyl (C=O) groups excluding carboxylic acids is 2. The van der Waals surface area contributed by atoms with Crippen LogP contribution >= 0.6 is 11.3 Å². The maximum Gasteiger partial charge on any atom is 0.319 e.